The lowest BCUT2D eigenvalue weighted by atomic mass is 9.85. The summed E-state index contributed by atoms with van der Waals surface area (Å²) in [4.78, 5) is 12.9. The first kappa shape index (κ1) is 18.6. The lowest BCUT2D eigenvalue weighted by Gasteiger charge is -2.37. The van der Waals surface area contributed by atoms with Crippen molar-refractivity contribution in [2.45, 2.75) is 31.3 Å². The molecule has 0 saturated heterocycles. The number of hydrogen-bond acceptors (Lipinski definition) is 4. The van der Waals surface area contributed by atoms with Gasteiger partial charge in [-0.2, -0.15) is 0 Å². The lowest BCUT2D eigenvalue weighted by molar-refractivity contribution is -0.232. The average Bonchev–Trinajstić information content (AvgIpc) is 3.16. The van der Waals surface area contributed by atoms with Gasteiger partial charge in [0, 0.05) is 17.9 Å². The SMILES string of the molecule is O=C(OCc1ccccc1)C1=C[C@H](c2ccccc2)C[C@@]2(OCc3ccccc32)O1. The summed E-state index contributed by atoms with van der Waals surface area (Å²) in [5.74, 6) is -1.28. The first-order valence-electron chi connectivity index (χ1n) is 10.1. The number of benzene rings is 3. The van der Waals surface area contributed by atoms with Crippen LogP contribution in [-0.4, -0.2) is 5.97 Å². The maximum absolute atomic E-state index is 12.9. The van der Waals surface area contributed by atoms with Crippen molar-refractivity contribution in [1.82, 2.24) is 0 Å². The van der Waals surface area contributed by atoms with Crippen LogP contribution in [0.3, 0.4) is 0 Å². The van der Waals surface area contributed by atoms with Crippen LogP contribution in [-0.2, 0) is 38.0 Å². The van der Waals surface area contributed by atoms with Crippen molar-refractivity contribution in [3.63, 3.8) is 0 Å². The normalized spacial score (nSPS) is 22.1. The molecule has 30 heavy (non-hydrogen) atoms. The Kier molecular flexibility index (Phi) is 4.85. The highest BCUT2D eigenvalue weighted by atomic mass is 16.7. The van der Waals surface area contributed by atoms with Gasteiger partial charge in [0.25, 0.3) is 0 Å². The molecule has 4 nitrogen and oxygen atoms in total. The molecule has 4 heteroatoms. The quantitative estimate of drug-likeness (QED) is 0.567. The number of rotatable bonds is 4. The smallest absolute Gasteiger partial charge is 0.373 e. The summed E-state index contributed by atoms with van der Waals surface area (Å²) in [6.07, 6.45) is 2.46. The number of fused-ring (bicyclic) bond motifs is 2. The van der Waals surface area contributed by atoms with E-state index in [0.29, 0.717) is 13.0 Å². The molecule has 0 bridgehead atoms. The van der Waals surface area contributed by atoms with Crippen LogP contribution < -0.4 is 0 Å². The van der Waals surface area contributed by atoms with Crippen molar-refractivity contribution in [2.24, 2.45) is 0 Å². The molecule has 0 aliphatic carbocycles. The maximum atomic E-state index is 12.9. The van der Waals surface area contributed by atoms with Crippen molar-refractivity contribution in [3.05, 3.63) is 119 Å². The minimum atomic E-state index is -0.979. The number of carbonyl (C=O) groups is 1. The van der Waals surface area contributed by atoms with Crippen LogP contribution >= 0.6 is 0 Å². The van der Waals surface area contributed by atoms with Gasteiger partial charge in [0.05, 0.1) is 6.61 Å². The predicted octanol–water partition coefficient (Wildman–Crippen LogP) is 5.20. The van der Waals surface area contributed by atoms with E-state index < -0.39 is 11.8 Å². The fraction of sp³-hybridized carbons (Fsp3) is 0.192. The number of allylic oxidation sites excluding steroid dienone is 1. The molecule has 2 aliphatic rings. The van der Waals surface area contributed by atoms with Crippen LogP contribution in [0.4, 0.5) is 0 Å². The highest BCUT2D eigenvalue weighted by Gasteiger charge is 2.48. The minimum Gasteiger partial charge on any atom is -0.455 e. The van der Waals surface area contributed by atoms with Gasteiger partial charge < -0.3 is 14.2 Å². The summed E-state index contributed by atoms with van der Waals surface area (Å²) in [5.41, 5.74) is 4.11. The van der Waals surface area contributed by atoms with E-state index >= 15 is 0 Å². The molecule has 0 aromatic heterocycles. The van der Waals surface area contributed by atoms with Crippen LogP contribution in [0.2, 0.25) is 0 Å². The van der Waals surface area contributed by atoms with Crippen LogP contribution in [0.1, 0.15) is 34.6 Å². The van der Waals surface area contributed by atoms with E-state index in [1.165, 1.54) is 0 Å². The van der Waals surface area contributed by atoms with Gasteiger partial charge in [0.2, 0.25) is 11.5 Å². The molecule has 2 heterocycles. The second-order valence-electron chi connectivity index (χ2n) is 7.61. The zero-order valence-electron chi connectivity index (χ0n) is 16.5. The maximum Gasteiger partial charge on any atom is 0.373 e. The molecule has 0 fully saturated rings. The Morgan fingerprint density at radius 1 is 0.933 bits per heavy atom. The Labute approximate surface area is 175 Å². The zero-order valence-corrected chi connectivity index (χ0v) is 16.5. The van der Waals surface area contributed by atoms with Gasteiger partial charge in [0.1, 0.15) is 6.61 Å². The van der Waals surface area contributed by atoms with Gasteiger partial charge in [-0.15, -0.1) is 0 Å². The van der Waals surface area contributed by atoms with E-state index in [-0.39, 0.29) is 18.3 Å². The van der Waals surface area contributed by atoms with E-state index in [9.17, 15) is 4.79 Å². The molecule has 150 valence electrons. The van der Waals surface area contributed by atoms with Crippen molar-refractivity contribution < 1.29 is 19.0 Å². The first-order valence-corrected chi connectivity index (χ1v) is 10.1. The van der Waals surface area contributed by atoms with E-state index in [0.717, 1.165) is 22.3 Å². The summed E-state index contributed by atoms with van der Waals surface area (Å²) in [6.45, 7) is 0.658. The van der Waals surface area contributed by atoms with E-state index in [1.54, 1.807) is 0 Å². The summed E-state index contributed by atoms with van der Waals surface area (Å²) in [5, 5.41) is 0. The molecule has 0 unspecified atom stereocenters. The Bertz CT molecular complexity index is 1070. The van der Waals surface area contributed by atoms with Gasteiger partial charge in [-0.1, -0.05) is 84.9 Å². The molecular formula is C26H22O4. The third-order valence-corrected chi connectivity index (χ3v) is 5.65. The van der Waals surface area contributed by atoms with Crippen LogP contribution in [0, 0.1) is 0 Å². The molecule has 0 radical (unpaired) electrons. The fourth-order valence-electron chi connectivity index (χ4n) is 4.15. The van der Waals surface area contributed by atoms with Gasteiger partial charge in [-0.3, -0.25) is 0 Å². The lowest BCUT2D eigenvalue weighted by Crippen LogP contribution is -2.36. The predicted molar refractivity (Wildman–Crippen MR) is 112 cm³/mol. The second kappa shape index (κ2) is 7.81. The standard InChI is InChI=1S/C26H22O4/c27-25(28-17-19-9-3-1-4-10-19)24-15-22(20-11-5-2-6-12-20)16-26(30-24)23-14-8-7-13-21(23)18-29-26/h1-15,22H,16-18H2/t22-,26+/m0/s1. The van der Waals surface area contributed by atoms with Crippen LogP contribution in [0.5, 0.6) is 0 Å². The largest absolute Gasteiger partial charge is 0.455 e. The zero-order chi connectivity index (χ0) is 20.4. The third kappa shape index (κ3) is 3.51. The van der Waals surface area contributed by atoms with Gasteiger partial charge in [0.15, 0.2) is 0 Å². The topological polar surface area (TPSA) is 44.8 Å². The number of hydrogen-bond donors (Lipinski definition) is 0. The number of esters is 1. The van der Waals surface area contributed by atoms with Crippen molar-refractivity contribution in [1.29, 1.82) is 0 Å². The fourth-order valence-corrected chi connectivity index (χ4v) is 4.15. The molecule has 3 aromatic carbocycles. The summed E-state index contributed by atoms with van der Waals surface area (Å²) >= 11 is 0. The van der Waals surface area contributed by atoms with Crippen molar-refractivity contribution in [3.8, 4) is 0 Å². The molecule has 0 N–H and O–H groups in total. The summed E-state index contributed by atoms with van der Waals surface area (Å²) < 4.78 is 18.0. The van der Waals surface area contributed by atoms with Gasteiger partial charge in [-0.05, 0) is 22.8 Å². The molecule has 2 aliphatic heterocycles. The van der Waals surface area contributed by atoms with Gasteiger partial charge >= 0.3 is 5.97 Å². The van der Waals surface area contributed by atoms with E-state index in [4.69, 9.17) is 14.2 Å². The summed E-state index contributed by atoms with van der Waals surface area (Å²) in [7, 11) is 0. The third-order valence-electron chi connectivity index (χ3n) is 5.65. The molecule has 0 amide bonds. The Hall–Kier alpha value is -3.37. The van der Waals surface area contributed by atoms with Gasteiger partial charge in [-0.25, -0.2) is 4.79 Å². The molecule has 5 rings (SSSR count). The molecule has 0 saturated carbocycles. The van der Waals surface area contributed by atoms with Crippen molar-refractivity contribution >= 4 is 5.97 Å². The van der Waals surface area contributed by atoms with E-state index in [2.05, 4.69) is 12.1 Å². The first-order chi connectivity index (χ1) is 14.7. The molecule has 3 aromatic rings. The second-order valence-corrected chi connectivity index (χ2v) is 7.61. The van der Waals surface area contributed by atoms with Crippen LogP contribution in [0.15, 0.2) is 96.8 Å². The monoisotopic (exact) mass is 398 g/mol. The Morgan fingerprint density at radius 3 is 2.43 bits per heavy atom. The molecule has 2 atom stereocenters. The van der Waals surface area contributed by atoms with Crippen LogP contribution in [0.25, 0.3) is 0 Å². The molecule has 1 spiro atoms. The molecular weight excluding hydrogens is 376 g/mol. The summed E-state index contributed by atoms with van der Waals surface area (Å²) in [6, 6.07) is 27.8. The number of ether oxygens (including phenoxy) is 3. The minimum absolute atomic E-state index is 0.0228. The van der Waals surface area contributed by atoms with E-state index in [1.807, 2.05) is 78.9 Å². The highest BCUT2D eigenvalue weighted by molar-refractivity contribution is 5.86. The average molecular weight is 398 g/mol. The number of carbonyl (C=O) groups excluding carboxylic acids is 1. The Morgan fingerprint density at radius 2 is 1.63 bits per heavy atom. The highest BCUT2D eigenvalue weighted by Crippen LogP contribution is 2.48. The Balaban J connectivity index is 1.46. The van der Waals surface area contributed by atoms with Crippen molar-refractivity contribution in [2.75, 3.05) is 0 Å².